The molecule has 1 fully saturated rings. The standard InChI is InChI=1S/C13H16IN3O3/c1-16(9-4-6-15-7-5-9)13(18)11-3-2-10(17(19)20)8-12(11)14/h2-3,8-9,15H,4-7H2,1H3. The largest absolute Gasteiger partial charge is 0.339 e. The number of piperidine rings is 1. The highest BCUT2D eigenvalue weighted by atomic mass is 127. The number of rotatable bonds is 3. The SMILES string of the molecule is CN(C(=O)c1ccc([N+](=O)[O-])cc1I)C1CCNCC1. The molecule has 1 aromatic rings. The molecule has 0 aliphatic carbocycles. The Balaban J connectivity index is 2.17. The van der Waals surface area contributed by atoms with Gasteiger partial charge in [-0.1, -0.05) is 0 Å². The van der Waals surface area contributed by atoms with Crippen molar-refractivity contribution in [3.8, 4) is 0 Å². The lowest BCUT2D eigenvalue weighted by atomic mass is 10.0. The average Bonchev–Trinajstić information content (AvgIpc) is 2.46. The van der Waals surface area contributed by atoms with Gasteiger partial charge in [-0.15, -0.1) is 0 Å². The minimum Gasteiger partial charge on any atom is -0.339 e. The minimum absolute atomic E-state index is 0.00969. The van der Waals surface area contributed by atoms with Crippen LogP contribution in [-0.2, 0) is 0 Å². The second-order valence-corrected chi connectivity index (χ2v) is 5.98. The van der Waals surface area contributed by atoms with Crippen LogP contribution in [0.4, 0.5) is 5.69 Å². The van der Waals surface area contributed by atoms with E-state index < -0.39 is 4.92 Å². The quantitative estimate of drug-likeness (QED) is 0.488. The van der Waals surface area contributed by atoms with Gasteiger partial charge in [-0.3, -0.25) is 14.9 Å². The van der Waals surface area contributed by atoms with Gasteiger partial charge >= 0.3 is 0 Å². The van der Waals surface area contributed by atoms with E-state index in [-0.39, 0.29) is 17.6 Å². The van der Waals surface area contributed by atoms with Gasteiger partial charge in [0.1, 0.15) is 0 Å². The van der Waals surface area contributed by atoms with Gasteiger partial charge in [-0.05, 0) is 54.6 Å². The van der Waals surface area contributed by atoms with Gasteiger partial charge in [-0.2, -0.15) is 0 Å². The van der Waals surface area contributed by atoms with Gasteiger partial charge in [0.05, 0.1) is 10.5 Å². The summed E-state index contributed by atoms with van der Waals surface area (Å²) in [4.78, 5) is 24.5. The highest BCUT2D eigenvalue weighted by molar-refractivity contribution is 14.1. The van der Waals surface area contributed by atoms with Crippen LogP contribution in [0.1, 0.15) is 23.2 Å². The van der Waals surface area contributed by atoms with Crippen molar-refractivity contribution in [2.45, 2.75) is 18.9 Å². The van der Waals surface area contributed by atoms with E-state index in [0.29, 0.717) is 9.13 Å². The van der Waals surface area contributed by atoms with Crippen molar-refractivity contribution in [1.29, 1.82) is 0 Å². The molecule has 1 aliphatic rings. The third-order valence-corrected chi connectivity index (χ3v) is 4.46. The normalized spacial score (nSPS) is 15.9. The fourth-order valence-corrected chi connectivity index (χ4v) is 3.07. The molecule has 108 valence electrons. The van der Waals surface area contributed by atoms with Gasteiger partial charge in [0, 0.05) is 28.8 Å². The van der Waals surface area contributed by atoms with Crippen LogP contribution in [-0.4, -0.2) is 41.9 Å². The lowest BCUT2D eigenvalue weighted by Gasteiger charge is -2.31. The lowest BCUT2D eigenvalue weighted by molar-refractivity contribution is -0.384. The molecule has 0 atom stereocenters. The van der Waals surface area contributed by atoms with Crippen LogP contribution in [0.3, 0.4) is 0 Å². The summed E-state index contributed by atoms with van der Waals surface area (Å²) in [6, 6.07) is 4.59. The molecule has 1 amide bonds. The van der Waals surface area contributed by atoms with E-state index in [0.717, 1.165) is 25.9 Å². The number of nitro benzene ring substituents is 1. The smallest absolute Gasteiger partial charge is 0.270 e. The van der Waals surface area contributed by atoms with Crippen molar-refractivity contribution in [1.82, 2.24) is 10.2 Å². The van der Waals surface area contributed by atoms with Gasteiger partial charge in [0.25, 0.3) is 11.6 Å². The molecule has 0 bridgehead atoms. The Hall–Kier alpha value is -1.22. The maximum absolute atomic E-state index is 12.5. The first-order valence-electron chi connectivity index (χ1n) is 6.42. The van der Waals surface area contributed by atoms with E-state index in [9.17, 15) is 14.9 Å². The maximum Gasteiger partial charge on any atom is 0.270 e. The van der Waals surface area contributed by atoms with Gasteiger partial charge in [0.2, 0.25) is 0 Å². The molecule has 1 aliphatic heterocycles. The van der Waals surface area contributed by atoms with E-state index in [1.54, 1.807) is 18.0 Å². The Morgan fingerprint density at radius 2 is 2.10 bits per heavy atom. The maximum atomic E-state index is 12.5. The first-order valence-corrected chi connectivity index (χ1v) is 7.50. The number of nitrogens with zero attached hydrogens (tertiary/aromatic N) is 2. The molecule has 1 heterocycles. The van der Waals surface area contributed by atoms with Crippen molar-refractivity contribution >= 4 is 34.2 Å². The monoisotopic (exact) mass is 389 g/mol. The van der Waals surface area contributed by atoms with Gasteiger partial charge < -0.3 is 10.2 Å². The van der Waals surface area contributed by atoms with E-state index >= 15 is 0 Å². The van der Waals surface area contributed by atoms with Crippen molar-refractivity contribution in [3.63, 3.8) is 0 Å². The lowest BCUT2D eigenvalue weighted by Crippen LogP contribution is -2.44. The molecular weight excluding hydrogens is 373 g/mol. The number of hydrogen-bond donors (Lipinski definition) is 1. The number of carbonyl (C=O) groups is 1. The van der Waals surface area contributed by atoms with Crippen molar-refractivity contribution in [3.05, 3.63) is 37.4 Å². The van der Waals surface area contributed by atoms with E-state index in [4.69, 9.17) is 0 Å². The molecule has 0 radical (unpaired) electrons. The predicted molar refractivity (Wildman–Crippen MR) is 83.8 cm³/mol. The highest BCUT2D eigenvalue weighted by Gasteiger charge is 2.24. The Bertz CT molecular complexity index is 530. The fourth-order valence-electron chi connectivity index (χ4n) is 2.34. The summed E-state index contributed by atoms with van der Waals surface area (Å²) in [6.07, 6.45) is 1.87. The third kappa shape index (κ3) is 3.26. The van der Waals surface area contributed by atoms with Gasteiger partial charge in [0.15, 0.2) is 0 Å². The van der Waals surface area contributed by atoms with Gasteiger partial charge in [-0.25, -0.2) is 0 Å². The number of amides is 1. The molecule has 0 aromatic heterocycles. The second kappa shape index (κ2) is 6.49. The molecule has 0 spiro atoms. The highest BCUT2D eigenvalue weighted by Crippen LogP contribution is 2.22. The first kappa shape index (κ1) is 15.2. The molecular formula is C13H16IN3O3. The number of benzene rings is 1. The molecule has 6 nitrogen and oxygen atoms in total. The molecule has 0 unspecified atom stereocenters. The van der Waals surface area contributed by atoms with E-state index in [2.05, 4.69) is 5.32 Å². The van der Waals surface area contributed by atoms with E-state index in [1.165, 1.54) is 12.1 Å². The number of non-ortho nitro benzene ring substituents is 1. The van der Waals surface area contributed by atoms with Crippen LogP contribution in [0.15, 0.2) is 18.2 Å². The van der Waals surface area contributed by atoms with Crippen molar-refractivity contribution in [2.24, 2.45) is 0 Å². The molecule has 7 heteroatoms. The fraction of sp³-hybridized carbons (Fsp3) is 0.462. The second-order valence-electron chi connectivity index (χ2n) is 4.82. The summed E-state index contributed by atoms with van der Waals surface area (Å²) < 4.78 is 0.614. The minimum atomic E-state index is -0.451. The number of halogens is 1. The first-order chi connectivity index (χ1) is 9.50. The summed E-state index contributed by atoms with van der Waals surface area (Å²) in [5.74, 6) is -0.0730. The molecule has 1 saturated heterocycles. The summed E-state index contributed by atoms with van der Waals surface area (Å²) in [6.45, 7) is 1.83. The zero-order chi connectivity index (χ0) is 14.7. The Kier molecular flexibility index (Phi) is 4.92. The molecule has 1 aromatic carbocycles. The van der Waals surface area contributed by atoms with Crippen LogP contribution in [0, 0.1) is 13.7 Å². The molecule has 20 heavy (non-hydrogen) atoms. The third-order valence-electron chi connectivity index (χ3n) is 3.57. The number of nitro groups is 1. The van der Waals surface area contributed by atoms with Crippen LogP contribution < -0.4 is 5.32 Å². The average molecular weight is 389 g/mol. The van der Waals surface area contributed by atoms with E-state index in [1.807, 2.05) is 22.6 Å². The Labute approximate surface area is 130 Å². The zero-order valence-corrected chi connectivity index (χ0v) is 13.3. The summed E-state index contributed by atoms with van der Waals surface area (Å²) in [5.41, 5.74) is 0.535. The Morgan fingerprint density at radius 3 is 2.65 bits per heavy atom. The summed E-state index contributed by atoms with van der Waals surface area (Å²) >= 11 is 1.97. The van der Waals surface area contributed by atoms with Crippen LogP contribution in [0.5, 0.6) is 0 Å². The zero-order valence-electron chi connectivity index (χ0n) is 11.1. The number of hydrogen-bond acceptors (Lipinski definition) is 4. The van der Waals surface area contributed by atoms with Crippen molar-refractivity contribution < 1.29 is 9.72 Å². The Morgan fingerprint density at radius 1 is 1.45 bits per heavy atom. The number of carbonyl (C=O) groups excluding carboxylic acids is 1. The van der Waals surface area contributed by atoms with Crippen LogP contribution >= 0.6 is 22.6 Å². The number of nitrogens with one attached hydrogen (secondary N) is 1. The topological polar surface area (TPSA) is 75.5 Å². The summed E-state index contributed by atoms with van der Waals surface area (Å²) in [7, 11) is 1.80. The van der Waals surface area contributed by atoms with Crippen LogP contribution in [0.2, 0.25) is 0 Å². The predicted octanol–water partition coefficient (Wildman–Crippen LogP) is 2.02. The molecule has 0 saturated carbocycles. The van der Waals surface area contributed by atoms with Crippen molar-refractivity contribution in [2.75, 3.05) is 20.1 Å². The summed E-state index contributed by atoms with van der Waals surface area (Å²) in [5, 5.41) is 14.0. The van der Waals surface area contributed by atoms with Crippen LogP contribution in [0.25, 0.3) is 0 Å². The molecule has 1 N–H and O–H groups in total. The molecule has 2 rings (SSSR count).